The maximum Gasteiger partial charge on any atom is 0.273 e. The number of benzene rings is 1. The summed E-state index contributed by atoms with van der Waals surface area (Å²) in [4.78, 5) is 31.3. The summed E-state index contributed by atoms with van der Waals surface area (Å²) >= 11 is 0. The number of morpholine rings is 1. The second kappa shape index (κ2) is 7.41. The van der Waals surface area contributed by atoms with Crippen molar-refractivity contribution >= 4 is 28.6 Å². The Hall–Kier alpha value is -3.26. The van der Waals surface area contributed by atoms with Gasteiger partial charge < -0.3 is 19.9 Å². The van der Waals surface area contributed by atoms with Crippen LogP contribution < -0.4 is 10.2 Å². The molecule has 0 unspecified atom stereocenters. The highest BCUT2D eigenvalue weighted by Gasteiger charge is 2.42. The van der Waals surface area contributed by atoms with Gasteiger partial charge in [-0.3, -0.25) is 9.78 Å². The quantitative estimate of drug-likeness (QED) is 0.666. The lowest BCUT2D eigenvalue weighted by molar-refractivity contribution is 0.0726. The van der Waals surface area contributed by atoms with Crippen molar-refractivity contribution in [1.82, 2.24) is 19.9 Å². The van der Waals surface area contributed by atoms with E-state index >= 15 is 0 Å². The molecular formula is C24H26N6O2. The molecule has 0 aliphatic carbocycles. The minimum atomic E-state index is -0.0188. The Morgan fingerprint density at radius 3 is 2.91 bits per heavy atom. The number of hydrogen-bond acceptors (Lipinski definition) is 7. The molecule has 1 N–H and O–H groups in total. The van der Waals surface area contributed by atoms with E-state index in [4.69, 9.17) is 14.7 Å². The van der Waals surface area contributed by atoms with Gasteiger partial charge in [-0.15, -0.1) is 0 Å². The number of nitrogens with one attached hydrogen (secondary N) is 1. The molecule has 1 amide bonds. The van der Waals surface area contributed by atoms with Gasteiger partial charge in [0.25, 0.3) is 5.91 Å². The third-order valence-corrected chi connectivity index (χ3v) is 6.67. The fraction of sp³-hybridized carbons (Fsp3) is 0.417. The molecule has 6 rings (SSSR count). The minimum Gasteiger partial charge on any atom is -0.374 e. The number of pyridine rings is 1. The number of ether oxygens (including phenoxy) is 1. The summed E-state index contributed by atoms with van der Waals surface area (Å²) in [5.41, 5.74) is 3.44. The molecule has 2 fully saturated rings. The first-order chi connectivity index (χ1) is 15.6. The van der Waals surface area contributed by atoms with Crippen molar-refractivity contribution in [2.24, 2.45) is 0 Å². The van der Waals surface area contributed by atoms with Gasteiger partial charge in [0.2, 0.25) is 5.95 Å². The molecule has 164 valence electrons. The molecule has 8 nitrogen and oxygen atoms in total. The van der Waals surface area contributed by atoms with Crippen LogP contribution in [0.5, 0.6) is 0 Å². The van der Waals surface area contributed by atoms with Crippen LogP contribution in [0, 0.1) is 0 Å². The van der Waals surface area contributed by atoms with Crippen LogP contribution in [0.1, 0.15) is 41.9 Å². The molecule has 0 spiro atoms. The predicted octanol–water partition coefficient (Wildman–Crippen LogP) is 2.98. The van der Waals surface area contributed by atoms with Crippen molar-refractivity contribution in [3.05, 3.63) is 53.3 Å². The van der Waals surface area contributed by atoms with Crippen LogP contribution >= 0.6 is 0 Å². The van der Waals surface area contributed by atoms with Gasteiger partial charge in [-0.2, -0.15) is 4.98 Å². The molecule has 8 heteroatoms. The lowest BCUT2D eigenvalue weighted by Gasteiger charge is -2.27. The van der Waals surface area contributed by atoms with Gasteiger partial charge in [-0.05, 0) is 38.0 Å². The van der Waals surface area contributed by atoms with Crippen LogP contribution in [-0.4, -0.2) is 57.1 Å². The van der Waals surface area contributed by atoms with E-state index < -0.39 is 0 Å². The van der Waals surface area contributed by atoms with Gasteiger partial charge in [-0.25, -0.2) is 4.98 Å². The zero-order valence-electron chi connectivity index (χ0n) is 18.3. The smallest absolute Gasteiger partial charge is 0.273 e. The Morgan fingerprint density at radius 2 is 2.12 bits per heavy atom. The highest BCUT2D eigenvalue weighted by atomic mass is 16.5. The summed E-state index contributed by atoms with van der Waals surface area (Å²) in [6.45, 7) is 6.64. The molecule has 2 aromatic heterocycles. The molecular weight excluding hydrogens is 404 g/mol. The van der Waals surface area contributed by atoms with Gasteiger partial charge in [0.1, 0.15) is 11.5 Å². The van der Waals surface area contributed by atoms with E-state index in [-0.39, 0.29) is 24.1 Å². The van der Waals surface area contributed by atoms with Crippen LogP contribution in [0.4, 0.5) is 11.8 Å². The van der Waals surface area contributed by atoms with Crippen molar-refractivity contribution < 1.29 is 9.53 Å². The SMILES string of the molecule is CC(C)N1Cc2c(NCc3cnc4ccccc4c3)nc(N3C[C@@H]4C[C@H]3CO4)nc2C1=O. The molecule has 5 heterocycles. The number of rotatable bonds is 5. The summed E-state index contributed by atoms with van der Waals surface area (Å²) in [5, 5.41) is 4.59. The van der Waals surface area contributed by atoms with E-state index in [9.17, 15) is 4.79 Å². The summed E-state index contributed by atoms with van der Waals surface area (Å²) < 4.78 is 5.74. The maximum absolute atomic E-state index is 13.1. The maximum atomic E-state index is 13.1. The number of nitrogens with zero attached hydrogens (tertiary/aromatic N) is 5. The van der Waals surface area contributed by atoms with Gasteiger partial charge in [0.05, 0.1) is 30.8 Å². The standard InChI is InChI=1S/C24H26N6O2/c1-14(2)29-12-19-21(23(29)31)27-24(30-11-18-8-17(30)13-32-18)28-22(19)26-10-15-7-16-5-3-4-6-20(16)25-9-15/h3-7,9,14,17-18H,8,10-13H2,1-2H3,(H,26,27,28)/t17-,18-/m0/s1. The van der Waals surface area contributed by atoms with Crippen molar-refractivity contribution in [3.63, 3.8) is 0 Å². The first kappa shape index (κ1) is 19.4. The van der Waals surface area contributed by atoms with Gasteiger partial charge >= 0.3 is 0 Å². The molecule has 3 aliphatic heterocycles. The van der Waals surface area contributed by atoms with Crippen LogP contribution in [0.25, 0.3) is 10.9 Å². The molecule has 2 atom stereocenters. The third kappa shape index (κ3) is 3.17. The van der Waals surface area contributed by atoms with Crippen molar-refractivity contribution in [2.45, 2.75) is 51.5 Å². The van der Waals surface area contributed by atoms with E-state index in [0.29, 0.717) is 31.3 Å². The number of anilines is 2. The Morgan fingerprint density at radius 1 is 1.25 bits per heavy atom. The Kier molecular flexibility index (Phi) is 4.50. The van der Waals surface area contributed by atoms with Crippen LogP contribution in [0.2, 0.25) is 0 Å². The van der Waals surface area contributed by atoms with Crippen molar-refractivity contribution in [1.29, 1.82) is 0 Å². The first-order valence-electron chi connectivity index (χ1n) is 11.2. The zero-order valence-corrected chi connectivity index (χ0v) is 18.3. The highest BCUT2D eigenvalue weighted by Crippen LogP contribution is 2.35. The Labute approximate surface area is 186 Å². The monoisotopic (exact) mass is 430 g/mol. The second-order valence-corrected chi connectivity index (χ2v) is 9.11. The number of para-hydroxylation sites is 1. The summed E-state index contributed by atoms with van der Waals surface area (Å²) in [6, 6.07) is 10.6. The molecule has 0 radical (unpaired) electrons. The van der Waals surface area contributed by atoms with E-state index in [0.717, 1.165) is 40.8 Å². The molecule has 32 heavy (non-hydrogen) atoms. The highest BCUT2D eigenvalue weighted by molar-refractivity contribution is 5.98. The number of carbonyl (C=O) groups is 1. The number of aromatic nitrogens is 3. The Balaban J connectivity index is 1.34. The Bertz CT molecular complexity index is 1210. The second-order valence-electron chi connectivity index (χ2n) is 9.11. The van der Waals surface area contributed by atoms with Crippen LogP contribution in [0.3, 0.4) is 0 Å². The van der Waals surface area contributed by atoms with Gasteiger partial charge in [-0.1, -0.05) is 18.2 Å². The third-order valence-electron chi connectivity index (χ3n) is 6.67. The average Bonchev–Trinajstić information content (AvgIpc) is 3.52. The average molecular weight is 431 g/mol. The number of hydrogen-bond donors (Lipinski definition) is 1. The van der Waals surface area contributed by atoms with E-state index in [1.165, 1.54) is 0 Å². The fourth-order valence-electron chi connectivity index (χ4n) is 4.91. The van der Waals surface area contributed by atoms with Crippen LogP contribution in [0.15, 0.2) is 36.5 Å². The predicted molar refractivity (Wildman–Crippen MR) is 122 cm³/mol. The van der Waals surface area contributed by atoms with Crippen molar-refractivity contribution in [3.8, 4) is 0 Å². The lowest BCUT2D eigenvalue weighted by Crippen LogP contribution is -2.38. The van der Waals surface area contributed by atoms with E-state index in [1.807, 2.05) is 43.1 Å². The topological polar surface area (TPSA) is 83.5 Å². The van der Waals surface area contributed by atoms with E-state index in [1.54, 1.807) is 0 Å². The fourth-order valence-corrected chi connectivity index (χ4v) is 4.91. The zero-order chi connectivity index (χ0) is 21.8. The summed E-state index contributed by atoms with van der Waals surface area (Å²) in [7, 11) is 0. The largest absolute Gasteiger partial charge is 0.374 e. The van der Waals surface area contributed by atoms with Crippen molar-refractivity contribution in [2.75, 3.05) is 23.4 Å². The molecule has 2 bridgehead atoms. The number of amides is 1. The van der Waals surface area contributed by atoms with Gasteiger partial charge in [0, 0.05) is 36.3 Å². The number of fused-ring (bicyclic) bond motifs is 4. The molecule has 3 aromatic rings. The normalized spacial score (nSPS) is 21.8. The molecule has 0 saturated carbocycles. The molecule has 3 aliphatic rings. The van der Waals surface area contributed by atoms with E-state index in [2.05, 4.69) is 27.3 Å². The first-order valence-corrected chi connectivity index (χ1v) is 11.2. The lowest BCUT2D eigenvalue weighted by atomic mass is 10.1. The molecule has 1 aromatic carbocycles. The minimum absolute atomic E-state index is 0.0188. The van der Waals surface area contributed by atoms with Gasteiger partial charge in [0.15, 0.2) is 0 Å². The number of carbonyl (C=O) groups excluding carboxylic acids is 1. The molecule has 2 saturated heterocycles. The van der Waals surface area contributed by atoms with Crippen LogP contribution in [-0.2, 0) is 17.8 Å². The summed E-state index contributed by atoms with van der Waals surface area (Å²) in [5.74, 6) is 1.34. The summed E-state index contributed by atoms with van der Waals surface area (Å²) in [6.07, 6.45) is 3.12.